The van der Waals surface area contributed by atoms with Crippen molar-refractivity contribution in [2.75, 3.05) is 0 Å². The van der Waals surface area contributed by atoms with E-state index in [9.17, 15) is 0 Å². The molecule has 18 heavy (non-hydrogen) atoms. The average Bonchev–Trinajstić information content (AvgIpc) is 3.14. The van der Waals surface area contributed by atoms with Crippen LogP contribution in [0, 0.1) is 5.92 Å². The Kier molecular flexibility index (Phi) is 2.86. The van der Waals surface area contributed by atoms with E-state index in [1.54, 1.807) is 0 Å². The second-order valence-electron chi connectivity index (χ2n) is 4.99. The molecule has 0 bridgehead atoms. The Bertz CT molecular complexity index is 555. The lowest BCUT2D eigenvalue weighted by Gasteiger charge is -2.05. The van der Waals surface area contributed by atoms with E-state index in [0.717, 1.165) is 30.3 Å². The van der Waals surface area contributed by atoms with Crippen molar-refractivity contribution in [2.24, 2.45) is 13.0 Å². The van der Waals surface area contributed by atoms with E-state index in [-0.39, 0.29) is 0 Å². The van der Waals surface area contributed by atoms with Crippen molar-refractivity contribution in [1.82, 2.24) is 19.7 Å². The summed E-state index contributed by atoms with van der Waals surface area (Å²) in [5.41, 5.74) is 3.48. The van der Waals surface area contributed by atoms with Crippen molar-refractivity contribution < 1.29 is 0 Å². The molecule has 0 aromatic carbocycles. The van der Waals surface area contributed by atoms with Gasteiger partial charge in [-0.2, -0.15) is 5.10 Å². The largest absolute Gasteiger partial charge is 0.272 e. The molecule has 4 nitrogen and oxygen atoms in total. The van der Waals surface area contributed by atoms with Crippen molar-refractivity contribution in [2.45, 2.75) is 32.6 Å². The number of nitrogens with zero attached hydrogens (tertiary/aromatic N) is 4. The van der Waals surface area contributed by atoms with E-state index in [1.807, 2.05) is 30.2 Å². The van der Waals surface area contributed by atoms with Gasteiger partial charge in [0, 0.05) is 30.9 Å². The average molecular weight is 242 g/mol. The third-order valence-electron chi connectivity index (χ3n) is 3.54. The van der Waals surface area contributed by atoms with Crippen molar-refractivity contribution >= 4 is 0 Å². The first-order chi connectivity index (χ1) is 8.78. The molecule has 0 spiro atoms. The van der Waals surface area contributed by atoms with Gasteiger partial charge in [-0.3, -0.25) is 4.68 Å². The summed E-state index contributed by atoms with van der Waals surface area (Å²) in [6.07, 6.45) is 8.47. The number of hydrogen-bond acceptors (Lipinski definition) is 3. The van der Waals surface area contributed by atoms with Crippen molar-refractivity contribution in [1.29, 1.82) is 0 Å². The molecule has 0 amide bonds. The Morgan fingerprint density at radius 3 is 2.94 bits per heavy atom. The van der Waals surface area contributed by atoms with Gasteiger partial charge in [-0.1, -0.05) is 6.92 Å². The van der Waals surface area contributed by atoms with Gasteiger partial charge in [0.25, 0.3) is 0 Å². The van der Waals surface area contributed by atoms with Crippen LogP contribution in [0.4, 0.5) is 0 Å². The molecule has 94 valence electrons. The van der Waals surface area contributed by atoms with Crippen LogP contribution in [-0.2, 0) is 19.9 Å². The van der Waals surface area contributed by atoms with Gasteiger partial charge in [-0.05, 0) is 31.2 Å². The second-order valence-corrected chi connectivity index (χ2v) is 4.99. The van der Waals surface area contributed by atoms with Crippen LogP contribution in [0.2, 0.25) is 0 Å². The van der Waals surface area contributed by atoms with Gasteiger partial charge < -0.3 is 0 Å². The number of aryl methyl sites for hydroxylation is 2. The van der Waals surface area contributed by atoms with E-state index in [2.05, 4.69) is 22.0 Å². The highest BCUT2D eigenvalue weighted by molar-refractivity contribution is 5.61. The summed E-state index contributed by atoms with van der Waals surface area (Å²) in [6, 6.07) is 1.98. The van der Waals surface area contributed by atoms with Gasteiger partial charge in [0.2, 0.25) is 0 Å². The summed E-state index contributed by atoms with van der Waals surface area (Å²) in [4.78, 5) is 8.85. The predicted molar refractivity (Wildman–Crippen MR) is 70.0 cm³/mol. The van der Waals surface area contributed by atoms with Gasteiger partial charge in [-0.25, -0.2) is 9.97 Å². The summed E-state index contributed by atoms with van der Waals surface area (Å²) in [5, 5.41) is 4.39. The molecule has 0 N–H and O–H groups in total. The molecular weight excluding hydrogens is 224 g/mol. The quantitative estimate of drug-likeness (QED) is 0.826. The zero-order valence-corrected chi connectivity index (χ0v) is 10.9. The van der Waals surface area contributed by atoms with Gasteiger partial charge in [0.15, 0.2) is 0 Å². The van der Waals surface area contributed by atoms with E-state index < -0.39 is 0 Å². The molecule has 1 aliphatic carbocycles. The second kappa shape index (κ2) is 4.52. The number of hydrogen-bond donors (Lipinski definition) is 0. The Labute approximate surface area is 107 Å². The van der Waals surface area contributed by atoms with Crippen LogP contribution >= 0.6 is 0 Å². The van der Waals surface area contributed by atoms with Gasteiger partial charge in [0.1, 0.15) is 5.82 Å². The monoisotopic (exact) mass is 242 g/mol. The lowest BCUT2D eigenvalue weighted by molar-refractivity contribution is 0.677. The van der Waals surface area contributed by atoms with Crippen molar-refractivity contribution in [3.63, 3.8) is 0 Å². The zero-order chi connectivity index (χ0) is 12.5. The first kappa shape index (κ1) is 11.4. The highest BCUT2D eigenvalue weighted by Crippen LogP contribution is 2.35. The topological polar surface area (TPSA) is 43.6 Å². The van der Waals surface area contributed by atoms with Gasteiger partial charge in [-0.15, -0.1) is 0 Å². The molecular formula is C14H18N4. The minimum Gasteiger partial charge on any atom is -0.272 e. The molecule has 0 atom stereocenters. The molecule has 3 rings (SSSR count). The summed E-state index contributed by atoms with van der Waals surface area (Å²) in [7, 11) is 2.02. The third kappa shape index (κ3) is 2.15. The lowest BCUT2D eigenvalue weighted by Crippen LogP contribution is -2.02. The van der Waals surface area contributed by atoms with Crippen LogP contribution in [0.25, 0.3) is 11.3 Å². The predicted octanol–water partition coefficient (Wildman–Crippen LogP) is 2.39. The van der Waals surface area contributed by atoms with Crippen molar-refractivity contribution in [3.05, 3.63) is 30.0 Å². The fraction of sp³-hybridized carbons (Fsp3) is 0.500. The van der Waals surface area contributed by atoms with Crippen molar-refractivity contribution in [3.8, 4) is 11.3 Å². The van der Waals surface area contributed by atoms with E-state index >= 15 is 0 Å². The zero-order valence-electron chi connectivity index (χ0n) is 10.9. The molecule has 4 heteroatoms. The maximum Gasteiger partial charge on any atom is 0.128 e. The Morgan fingerprint density at radius 2 is 2.22 bits per heavy atom. The van der Waals surface area contributed by atoms with E-state index in [1.165, 1.54) is 24.1 Å². The van der Waals surface area contributed by atoms with Crippen LogP contribution in [-0.4, -0.2) is 19.7 Å². The highest BCUT2D eigenvalue weighted by Gasteiger charge is 2.25. The molecule has 1 aliphatic rings. The molecule has 0 unspecified atom stereocenters. The van der Waals surface area contributed by atoms with Crippen LogP contribution in [0.3, 0.4) is 0 Å². The summed E-state index contributed by atoms with van der Waals surface area (Å²) >= 11 is 0. The van der Waals surface area contributed by atoms with Gasteiger partial charge >= 0.3 is 0 Å². The molecule has 0 saturated heterocycles. The summed E-state index contributed by atoms with van der Waals surface area (Å²) in [5.74, 6) is 1.75. The molecule has 0 radical (unpaired) electrons. The molecule has 1 fully saturated rings. The summed E-state index contributed by atoms with van der Waals surface area (Å²) < 4.78 is 1.99. The van der Waals surface area contributed by atoms with Crippen LogP contribution in [0.5, 0.6) is 0 Å². The standard InChI is InChI=1S/C14H18N4/c1-3-14-15-7-6-12(17-14)11-9-16-18(2)13(11)8-10-4-5-10/h6-7,9-10H,3-5,8H2,1-2H3. The Balaban J connectivity index is 1.99. The van der Waals surface area contributed by atoms with Crippen LogP contribution in [0.15, 0.2) is 18.5 Å². The fourth-order valence-electron chi connectivity index (χ4n) is 2.23. The first-order valence-corrected chi connectivity index (χ1v) is 6.61. The maximum atomic E-state index is 4.60. The first-order valence-electron chi connectivity index (χ1n) is 6.61. The van der Waals surface area contributed by atoms with E-state index in [4.69, 9.17) is 0 Å². The smallest absolute Gasteiger partial charge is 0.128 e. The maximum absolute atomic E-state index is 4.60. The molecule has 0 aliphatic heterocycles. The molecule has 1 saturated carbocycles. The number of rotatable bonds is 4. The fourth-order valence-corrected chi connectivity index (χ4v) is 2.23. The van der Waals surface area contributed by atoms with Gasteiger partial charge in [0.05, 0.1) is 11.9 Å². The SMILES string of the molecule is CCc1nccc(-c2cnn(C)c2CC2CC2)n1. The summed E-state index contributed by atoms with van der Waals surface area (Å²) in [6.45, 7) is 2.08. The highest BCUT2D eigenvalue weighted by atomic mass is 15.3. The Hall–Kier alpha value is -1.71. The molecule has 2 heterocycles. The van der Waals surface area contributed by atoms with Crippen LogP contribution in [0.1, 0.15) is 31.3 Å². The van der Waals surface area contributed by atoms with E-state index in [0.29, 0.717) is 0 Å². The minimum absolute atomic E-state index is 0.853. The Morgan fingerprint density at radius 1 is 1.39 bits per heavy atom. The normalized spacial score (nSPS) is 15.0. The lowest BCUT2D eigenvalue weighted by atomic mass is 10.1. The third-order valence-corrected chi connectivity index (χ3v) is 3.54. The minimum atomic E-state index is 0.853. The molecule has 2 aromatic heterocycles. The molecule has 2 aromatic rings. The number of aromatic nitrogens is 4. The van der Waals surface area contributed by atoms with Crippen LogP contribution < -0.4 is 0 Å².